The smallest absolute Gasteiger partial charge is 0.254 e. The number of pyridine rings is 1. The number of piperazine rings is 1. The molecule has 0 saturated carbocycles. The lowest BCUT2D eigenvalue weighted by Gasteiger charge is -2.32. The maximum absolute atomic E-state index is 12.3. The number of likely N-dealkylation sites (tertiary alicyclic amines) is 1. The first kappa shape index (κ1) is 12.6. The summed E-state index contributed by atoms with van der Waals surface area (Å²) in [4.78, 5) is 20.8. The molecule has 1 aromatic heterocycles. The monoisotopic (exact) mass is 260 g/mol. The number of carbonyl (C=O) groups excluding carboxylic acids is 1. The van der Waals surface area contributed by atoms with Gasteiger partial charge in [-0.05, 0) is 18.6 Å². The Hall–Kier alpha value is -1.46. The van der Waals surface area contributed by atoms with Crippen molar-refractivity contribution in [1.29, 1.82) is 0 Å². The Bertz CT molecular complexity index is 430. The summed E-state index contributed by atoms with van der Waals surface area (Å²) >= 11 is 0. The van der Waals surface area contributed by atoms with Crippen LogP contribution in [0.4, 0.5) is 0 Å². The lowest BCUT2D eigenvalue weighted by atomic mass is 10.2. The molecule has 3 heterocycles. The van der Waals surface area contributed by atoms with Gasteiger partial charge < -0.3 is 10.2 Å². The molecule has 0 radical (unpaired) electrons. The summed E-state index contributed by atoms with van der Waals surface area (Å²) in [7, 11) is 0. The van der Waals surface area contributed by atoms with Gasteiger partial charge in [-0.3, -0.25) is 14.7 Å². The van der Waals surface area contributed by atoms with Crippen LogP contribution in [0.5, 0.6) is 0 Å². The quantitative estimate of drug-likeness (QED) is 0.825. The van der Waals surface area contributed by atoms with E-state index in [0.29, 0.717) is 6.04 Å². The van der Waals surface area contributed by atoms with Crippen LogP contribution in [0.3, 0.4) is 0 Å². The Morgan fingerprint density at radius 2 is 1.95 bits per heavy atom. The van der Waals surface area contributed by atoms with Crippen molar-refractivity contribution in [2.75, 3.05) is 39.3 Å². The zero-order valence-electron chi connectivity index (χ0n) is 11.1. The highest BCUT2D eigenvalue weighted by molar-refractivity contribution is 5.94. The van der Waals surface area contributed by atoms with Crippen molar-refractivity contribution in [3.63, 3.8) is 0 Å². The van der Waals surface area contributed by atoms with Crippen LogP contribution in [0.15, 0.2) is 24.5 Å². The Morgan fingerprint density at radius 3 is 2.68 bits per heavy atom. The third-order valence-electron chi connectivity index (χ3n) is 4.05. The molecule has 0 aromatic carbocycles. The Morgan fingerprint density at radius 1 is 1.21 bits per heavy atom. The van der Waals surface area contributed by atoms with Gasteiger partial charge >= 0.3 is 0 Å². The van der Waals surface area contributed by atoms with Crippen molar-refractivity contribution < 1.29 is 4.79 Å². The minimum atomic E-state index is 0.139. The zero-order chi connectivity index (χ0) is 13.1. The van der Waals surface area contributed by atoms with Gasteiger partial charge in [0.2, 0.25) is 0 Å². The van der Waals surface area contributed by atoms with E-state index in [1.54, 1.807) is 24.5 Å². The first-order valence-electron chi connectivity index (χ1n) is 6.98. The van der Waals surface area contributed by atoms with Crippen LogP contribution in [0.25, 0.3) is 0 Å². The van der Waals surface area contributed by atoms with E-state index in [0.717, 1.165) is 51.3 Å². The van der Waals surface area contributed by atoms with Crippen LogP contribution in [0, 0.1) is 0 Å². The second-order valence-electron chi connectivity index (χ2n) is 5.22. The van der Waals surface area contributed by atoms with E-state index in [-0.39, 0.29) is 5.91 Å². The predicted octanol–water partition coefficient (Wildman–Crippen LogP) is 0.201. The van der Waals surface area contributed by atoms with Crippen molar-refractivity contribution in [2.24, 2.45) is 0 Å². The fourth-order valence-electron chi connectivity index (χ4n) is 2.95. The molecular weight excluding hydrogens is 240 g/mol. The molecule has 19 heavy (non-hydrogen) atoms. The fraction of sp³-hybridized carbons (Fsp3) is 0.571. The Balaban J connectivity index is 1.61. The van der Waals surface area contributed by atoms with Gasteiger partial charge in [-0.2, -0.15) is 0 Å². The minimum Gasteiger partial charge on any atom is -0.337 e. The molecule has 2 saturated heterocycles. The van der Waals surface area contributed by atoms with E-state index in [9.17, 15) is 4.79 Å². The number of nitrogens with one attached hydrogen (secondary N) is 1. The normalized spacial score (nSPS) is 24.6. The third kappa shape index (κ3) is 2.77. The van der Waals surface area contributed by atoms with Crippen molar-refractivity contribution >= 4 is 5.91 Å². The summed E-state index contributed by atoms with van der Waals surface area (Å²) in [6.45, 7) is 6.06. The summed E-state index contributed by atoms with van der Waals surface area (Å²) in [5.74, 6) is 0.139. The lowest BCUT2D eigenvalue weighted by molar-refractivity contribution is 0.0773. The van der Waals surface area contributed by atoms with Crippen LogP contribution in [-0.2, 0) is 0 Å². The first-order chi connectivity index (χ1) is 9.34. The number of hydrogen-bond donors (Lipinski definition) is 1. The highest BCUT2D eigenvalue weighted by Crippen LogP contribution is 2.18. The number of hydrogen-bond acceptors (Lipinski definition) is 4. The van der Waals surface area contributed by atoms with Crippen LogP contribution in [-0.4, -0.2) is 66.0 Å². The standard InChI is InChI=1S/C14H20N4O/c19-14(12-1-4-15-5-2-12)18-8-3-13(11-18)17-9-6-16-7-10-17/h1-2,4-5,13,16H,3,6-11H2. The maximum atomic E-state index is 12.3. The molecule has 0 bridgehead atoms. The van der Waals surface area contributed by atoms with Gasteiger partial charge in [-0.25, -0.2) is 0 Å². The maximum Gasteiger partial charge on any atom is 0.254 e. The van der Waals surface area contributed by atoms with E-state index < -0.39 is 0 Å². The molecule has 3 rings (SSSR count). The van der Waals surface area contributed by atoms with Crippen LogP contribution >= 0.6 is 0 Å². The Kier molecular flexibility index (Phi) is 3.75. The molecule has 1 unspecified atom stereocenters. The molecule has 0 spiro atoms. The van der Waals surface area contributed by atoms with Crippen molar-refractivity contribution in [3.05, 3.63) is 30.1 Å². The van der Waals surface area contributed by atoms with Crippen LogP contribution < -0.4 is 5.32 Å². The average molecular weight is 260 g/mol. The molecule has 1 atom stereocenters. The molecule has 102 valence electrons. The topological polar surface area (TPSA) is 48.5 Å². The van der Waals surface area contributed by atoms with E-state index >= 15 is 0 Å². The molecule has 2 aliphatic heterocycles. The Labute approximate surface area is 113 Å². The number of nitrogens with zero attached hydrogens (tertiary/aromatic N) is 3. The second-order valence-corrected chi connectivity index (χ2v) is 5.22. The largest absolute Gasteiger partial charge is 0.337 e. The number of rotatable bonds is 2. The van der Waals surface area contributed by atoms with E-state index in [1.165, 1.54) is 0 Å². The van der Waals surface area contributed by atoms with Crippen molar-refractivity contribution in [3.8, 4) is 0 Å². The molecule has 1 aromatic rings. The molecule has 0 aliphatic carbocycles. The molecule has 2 aliphatic rings. The van der Waals surface area contributed by atoms with Crippen molar-refractivity contribution in [2.45, 2.75) is 12.5 Å². The second kappa shape index (κ2) is 5.67. The van der Waals surface area contributed by atoms with E-state index in [4.69, 9.17) is 0 Å². The molecule has 1 amide bonds. The predicted molar refractivity (Wildman–Crippen MR) is 73.0 cm³/mol. The van der Waals surface area contributed by atoms with Crippen LogP contribution in [0.1, 0.15) is 16.8 Å². The summed E-state index contributed by atoms with van der Waals surface area (Å²) in [5, 5.41) is 3.37. The fourth-order valence-corrected chi connectivity index (χ4v) is 2.95. The summed E-state index contributed by atoms with van der Waals surface area (Å²) in [6.07, 6.45) is 4.45. The molecular formula is C14H20N4O. The van der Waals surface area contributed by atoms with Gasteiger partial charge in [0.05, 0.1) is 0 Å². The SMILES string of the molecule is O=C(c1ccncc1)N1CCC(N2CCNCC2)C1. The van der Waals surface area contributed by atoms with Crippen molar-refractivity contribution in [1.82, 2.24) is 20.1 Å². The van der Waals surface area contributed by atoms with Crippen LogP contribution in [0.2, 0.25) is 0 Å². The van der Waals surface area contributed by atoms with Gasteiger partial charge in [0.25, 0.3) is 5.91 Å². The highest BCUT2D eigenvalue weighted by atomic mass is 16.2. The molecule has 2 fully saturated rings. The van der Waals surface area contributed by atoms with Gasteiger partial charge in [0.15, 0.2) is 0 Å². The minimum absolute atomic E-state index is 0.139. The number of aromatic nitrogens is 1. The van der Waals surface area contributed by atoms with Gasteiger partial charge in [-0.15, -0.1) is 0 Å². The lowest BCUT2D eigenvalue weighted by Crippen LogP contribution is -2.49. The first-order valence-corrected chi connectivity index (χ1v) is 6.98. The van der Waals surface area contributed by atoms with E-state index in [1.807, 2.05) is 4.90 Å². The molecule has 5 nitrogen and oxygen atoms in total. The summed E-state index contributed by atoms with van der Waals surface area (Å²) in [5.41, 5.74) is 0.746. The zero-order valence-corrected chi connectivity index (χ0v) is 11.1. The summed E-state index contributed by atoms with van der Waals surface area (Å²) in [6, 6.07) is 4.12. The van der Waals surface area contributed by atoms with Gasteiger partial charge in [0, 0.05) is 63.3 Å². The average Bonchev–Trinajstić information content (AvgIpc) is 2.98. The third-order valence-corrected chi connectivity index (χ3v) is 4.05. The number of carbonyl (C=O) groups is 1. The van der Waals surface area contributed by atoms with E-state index in [2.05, 4.69) is 15.2 Å². The highest BCUT2D eigenvalue weighted by Gasteiger charge is 2.31. The summed E-state index contributed by atoms with van der Waals surface area (Å²) < 4.78 is 0. The number of amides is 1. The van der Waals surface area contributed by atoms with Gasteiger partial charge in [0.1, 0.15) is 0 Å². The van der Waals surface area contributed by atoms with Gasteiger partial charge in [-0.1, -0.05) is 0 Å². The molecule has 1 N–H and O–H groups in total. The molecule has 5 heteroatoms.